The highest BCUT2D eigenvalue weighted by Gasteiger charge is 2.36. The summed E-state index contributed by atoms with van der Waals surface area (Å²) in [5.74, 6) is 0. The standard InChI is InChI=1S/C12H19N3O2S3/c1-12(2,11(13)18)14-5-7-15(8-6-14)20(16,17)10-4-3-9-19-10/h3-4,9H,5-8H2,1-2H3,(H2,13,18). The van der Waals surface area contributed by atoms with Crippen LogP contribution in [0.5, 0.6) is 0 Å². The number of hydrogen-bond acceptors (Lipinski definition) is 5. The topological polar surface area (TPSA) is 66.6 Å². The monoisotopic (exact) mass is 333 g/mol. The molecule has 0 atom stereocenters. The average Bonchev–Trinajstić information content (AvgIpc) is 2.93. The molecule has 1 saturated heterocycles. The van der Waals surface area contributed by atoms with Crippen LogP contribution in [0.15, 0.2) is 21.7 Å². The second kappa shape index (κ2) is 5.69. The number of nitrogens with two attached hydrogens (primary N) is 1. The van der Waals surface area contributed by atoms with E-state index >= 15 is 0 Å². The number of sulfonamides is 1. The molecule has 0 aliphatic carbocycles. The van der Waals surface area contributed by atoms with E-state index in [1.54, 1.807) is 17.5 Å². The van der Waals surface area contributed by atoms with Gasteiger partial charge < -0.3 is 5.73 Å². The first-order valence-electron chi connectivity index (χ1n) is 6.35. The summed E-state index contributed by atoms with van der Waals surface area (Å²) in [5.41, 5.74) is 5.38. The Kier molecular flexibility index (Phi) is 4.50. The Morgan fingerprint density at radius 3 is 2.40 bits per heavy atom. The van der Waals surface area contributed by atoms with Crippen molar-refractivity contribution in [1.82, 2.24) is 9.21 Å². The van der Waals surface area contributed by atoms with Crippen molar-refractivity contribution in [3.8, 4) is 0 Å². The van der Waals surface area contributed by atoms with Gasteiger partial charge in [-0.25, -0.2) is 8.42 Å². The largest absolute Gasteiger partial charge is 0.392 e. The van der Waals surface area contributed by atoms with E-state index in [1.165, 1.54) is 15.6 Å². The van der Waals surface area contributed by atoms with Crippen LogP contribution in [0.4, 0.5) is 0 Å². The lowest BCUT2D eigenvalue weighted by atomic mass is 10.0. The minimum absolute atomic E-state index is 0.381. The van der Waals surface area contributed by atoms with Crippen LogP contribution < -0.4 is 5.73 Å². The first-order chi connectivity index (χ1) is 9.26. The van der Waals surface area contributed by atoms with Crippen molar-refractivity contribution in [3.63, 3.8) is 0 Å². The molecular formula is C12H19N3O2S3. The van der Waals surface area contributed by atoms with Gasteiger partial charge in [0.2, 0.25) is 0 Å². The van der Waals surface area contributed by atoms with Crippen molar-refractivity contribution >= 4 is 38.6 Å². The molecule has 1 aliphatic rings. The van der Waals surface area contributed by atoms with E-state index in [2.05, 4.69) is 4.90 Å². The Morgan fingerprint density at radius 1 is 1.35 bits per heavy atom. The second-order valence-electron chi connectivity index (χ2n) is 5.25. The van der Waals surface area contributed by atoms with Gasteiger partial charge in [-0.2, -0.15) is 4.31 Å². The number of thiocarbonyl (C=S) groups is 1. The number of thiophene rings is 1. The number of nitrogens with zero attached hydrogens (tertiary/aromatic N) is 2. The van der Waals surface area contributed by atoms with E-state index in [0.29, 0.717) is 35.4 Å². The lowest BCUT2D eigenvalue weighted by molar-refractivity contribution is 0.123. The van der Waals surface area contributed by atoms with Crippen LogP contribution in [0, 0.1) is 0 Å². The summed E-state index contributed by atoms with van der Waals surface area (Å²) in [6, 6.07) is 3.40. The maximum Gasteiger partial charge on any atom is 0.252 e. The Bertz CT molecular complexity index is 573. The Labute approximate surface area is 129 Å². The van der Waals surface area contributed by atoms with E-state index in [-0.39, 0.29) is 5.54 Å². The Balaban J connectivity index is 2.07. The smallest absolute Gasteiger partial charge is 0.252 e. The summed E-state index contributed by atoms with van der Waals surface area (Å²) >= 11 is 6.34. The van der Waals surface area contributed by atoms with E-state index in [1.807, 2.05) is 13.8 Å². The zero-order valence-corrected chi connectivity index (χ0v) is 14.0. The maximum absolute atomic E-state index is 12.4. The van der Waals surface area contributed by atoms with Gasteiger partial charge in [-0.1, -0.05) is 18.3 Å². The predicted octanol–water partition coefficient (Wildman–Crippen LogP) is 1.12. The molecule has 2 rings (SSSR count). The summed E-state index contributed by atoms with van der Waals surface area (Å²) in [7, 11) is -3.35. The highest BCUT2D eigenvalue weighted by Crippen LogP contribution is 2.24. The fourth-order valence-electron chi connectivity index (χ4n) is 2.18. The highest BCUT2D eigenvalue weighted by molar-refractivity contribution is 7.91. The van der Waals surface area contributed by atoms with E-state index in [4.69, 9.17) is 18.0 Å². The van der Waals surface area contributed by atoms with Gasteiger partial charge in [0.1, 0.15) is 4.21 Å². The molecule has 1 aliphatic heterocycles. The van der Waals surface area contributed by atoms with Gasteiger partial charge in [-0.3, -0.25) is 4.90 Å². The molecule has 0 radical (unpaired) electrons. The molecule has 0 saturated carbocycles. The summed E-state index contributed by atoms with van der Waals surface area (Å²) < 4.78 is 26.7. The van der Waals surface area contributed by atoms with Crippen LogP contribution in [0.25, 0.3) is 0 Å². The van der Waals surface area contributed by atoms with Crippen molar-refractivity contribution in [3.05, 3.63) is 17.5 Å². The molecule has 0 aromatic carbocycles. The van der Waals surface area contributed by atoms with E-state index < -0.39 is 10.0 Å². The van der Waals surface area contributed by atoms with Crippen molar-refractivity contribution in [2.45, 2.75) is 23.6 Å². The van der Waals surface area contributed by atoms with Gasteiger partial charge in [-0.15, -0.1) is 11.3 Å². The third-order valence-electron chi connectivity index (χ3n) is 3.72. The molecular weight excluding hydrogens is 314 g/mol. The van der Waals surface area contributed by atoms with Gasteiger partial charge in [0, 0.05) is 26.2 Å². The lowest BCUT2D eigenvalue weighted by Gasteiger charge is -2.42. The molecule has 0 bridgehead atoms. The van der Waals surface area contributed by atoms with Crippen molar-refractivity contribution in [1.29, 1.82) is 0 Å². The summed E-state index contributed by atoms with van der Waals surface area (Å²) in [4.78, 5) is 2.57. The van der Waals surface area contributed by atoms with Crippen molar-refractivity contribution in [2.75, 3.05) is 26.2 Å². The molecule has 1 fully saturated rings. The Hall–Kier alpha value is -0.540. The summed E-state index contributed by atoms with van der Waals surface area (Å²) in [6.45, 7) is 6.14. The second-order valence-corrected chi connectivity index (χ2v) is 8.80. The van der Waals surface area contributed by atoms with E-state index in [9.17, 15) is 8.42 Å². The van der Waals surface area contributed by atoms with Crippen LogP contribution >= 0.6 is 23.6 Å². The fourth-order valence-corrected chi connectivity index (χ4v) is 4.88. The first kappa shape index (κ1) is 15.8. The minimum Gasteiger partial charge on any atom is -0.392 e. The van der Waals surface area contributed by atoms with Crippen molar-refractivity contribution in [2.24, 2.45) is 5.73 Å². The highest BCUT2D eigenvalue weighted by atomic mass is 32.2. The normalized spacial score (nSPS) is 19.1. The lowest BCUT2D eigenvalue weighted by Crippen LogP contribution is -2.59. The van der Waals surface area contributed by atoms with Crippen molar-refractivity contribution < 1.29 is 8.42 Å². The molecule has 2 heterocycles. The number of hydrogen-bond donors (Lipinski definition) is 1. The average molecular weight is 334 g/mol. The number of rotatable bonds is 4. The van der Waals surface area contributed by atoms with Crippen LogP contribution in [-0.2, 0) is 10.0 Å². The van der Waals surface area contributed by atoms with Crippen LogP contribution in [0.3, 0.4) is 0 Å². The molecule has 5 nitrogen and oxygen atoms in total. The molecule has 0 amide bonds. The quantitative estimate of drug-likeness (QED) is 0.837. The molecule has 2 N–H and O–H groups in total. The summed E-state index contributed by atoms with van der Waals surface area (Å²) in [5, 5.41) is 1.78. The van der Waals surface area contributed by atoms with Gasteiger partial charge >= 0.3 is 0 Å². The molecule has 0 spiro atoms. The maximum atomic E-state index is 12.4. The zero-order chi connectivity index (χ0) is 15.0. The first-order valence-corrected chi connectivity index (χ1v) is 9.07. The third kappa shape index (κ3) is 2.89. The molecule has 1 aromatic heterocycles. The molecule has 20 heavy (non-hydrogen) atoms. The molecule has 1 aromatic rings. The van der Waals surface area contributed by atoms with Gasteiger partial charge in [0.15, 0.2) is 0 Å². The SMILES string of the molecule is CC(C)(C(N)=S)N1CCN(S(=O)(=O)c2cccs2)CC1. The van der Waals surface area contributed by atoms with Crippen LogP contribution in [-0.4, -0.2) is 54.3 Å². The van der Waals surface area contributed by atoms with E-state index in [0.717, 1.165) is 0 Å². The molecule has 112 valence electrons. The van der Waals surface area contributed by atoms with Crippen LogP contribution in [0.1, 0.15) is 13.8 Å². The third-order valence-corrected chi connectivity index (χ3v) is 7.49. The predicted molar refractivity (Wildman–Crippen MR) is 85.5 cm³/mol. The van der Waals surface area contributed by atoms with Gasteiger partial charge in [-0.05, 0) is 25.3 Å². The fraction of sp³-hybridized carbons (Fsp3) is 0.583. The number of piperazine rings is 1. The van der Waals surface area contributed by atoms with Gasteiger partial charge in [0.25, 0.3) is 10.0 Å². The molecule has 0 unspecified atom stereocenters. The summed E-state index contributed by atoms with van der Waals surface area (Å²) in [6.07, 6.45) is 0. The van der Waals surface area contributed by atoms with Gasteiger partial charge in [0.05, 0.1) is 10.5 Å². The Morgan fingerprint density at radius 2 is 1.95 bits per heavy atom. The molecule has 8 heteroatoms. The zero-order valence-electron chi connectivity index (χ0n) is 11.6. The minimum atomic E-state index is -3.35. The van der Waals surface area contributed by atoms with Crippen LogP contribution in [0.2, 0.25) is 0 Å².